The highest BCUT2D eigenvalue weighted by atomic mass is 35.5. The third-order valence-electron chi connectivity index (χ3n) is 4.45. The zero-order valence-electron chi connectivity index (χ0n) is 15.6. The highest BCUT2D eigenvalue weighted by Crippen LogP contribution is 2.36. The van der Waals surface area contributed by atoms with Gasteiger partial charge >= 0.3 is 5.97 Å². The summed E-state index contributed by atoms with van der Waals surface area (Å²) in [6.45, 7) is 0. The summed E-state index contributed by atoms with van der Waals surface area (Å²) in [7, 11) is 1.54. The van der Waals surface area contributed by atoms with E-state index in [1.54, 1.807) is 55.6 Å². The van der Waals surface area contributed by atoms with Crippen molar-refractivity contribution in [1.82, 2.24) is 0 Å². The third-order valence-corrected chi connectivity index (χ3v) is 5.11. The number of fused-ring (bicyclic) bond motifs is 1. The van der Waals surface area contributed by atoms with Gasteiger partial charge in [0.1, 0.15) is 17.2 Å². The summed E-state index contributed by atoms with van der Waals surface area (Å²) in [5.74, 6) is 0.399. The van der Waals surface area contributed by atoms with Crippen LogP contribution in [0.5, 0.6) is 17.2 Å². The average molecular weight is 441 g/mol. The molecule has 30 heavy (non-hydrogen) atoms. The molecular formula is C23H14Cl2O5. The number of allylic oxidation sites excluding steroid dienone is 1. The molecule has 0 saturated heterocycles. The summed E-state index contributed by atoms with van der Waals surface area (Å²) in [5, 5.41) is 0.799. The number of carbonyl (C=O) groups excluding carboxylic acids is 2. The minimum absolute atomic E-state index is 0.0821. The van der Waals surface area contributed by atoms with Crippen molar-refractivity contribution in [3.05, 3.63) is 93.2 Å². The van der Waals surface area contributed by atoms with Crippen LogP contribution in [0.25, 0.3) is 6.08 Å². The Morgan fingerprint density at radius 1 is 0.967 bits per heavy atom. The average Bonchev–Trinajstić information content (AvgIpc) is 3.05. The number of ketones is 1. The molecule has 0 aliphatic carbocycles. The molecule has 1 aliphatic heterocycles. The van der Waals surface area contributed by atoms with E-state index in [1.165, 1.54) is 18.2 Å². The Bertz CT molecular complexity index is 1160. The number of rotatable bonds is 4. The molecule has 1 aliphatic rings. The highest BCUT2D eigenvalue weighted by molar-refractivity contribution is 6.37. The van der Waals surface area contributed by atoms with Gasteiger partial charge in [0.2, 0.25) is 5.78 Å². The van der Waals surface area contributed by atoms with Crippen LogP contribution in [0.2, 0.25) is 10.0 Å². The van der Waals surface area contributed by atoms with E-state index in [9.17, 15) is 9.59 Å². The lowest BCUT2D eigenvalue weighted by Crippen LogP contribution is -2.08. The lowest BCUT2D eigenvalue weighted by Gasteiger charge is -2.06. The minimum atomic E-state index is -0.541. The number of hydrogen-bond acceptors (Lipinski definition) is 5. The van der Waals surface area contributed by atoms with E-state index in [4.69, 9.17) is 37.4 Å². The number of hydrogen-bond donors (Lipinski definition) is 0. The van der Waals surface area contributed by atoms with E-state index in [1.807, 2.05) is 0 Å². The van der Waals surface area contributed by atoms with Crippen LogP contribution < -0.4 is 14.2 Å². The van der Waals surface area contributed by atoms with Crippen molar-refractivity contribution in [3.63, 3.8) is 0 Å². The standard InChI is InChI=1S/C23H14Cl2O5/c1-28-14-7-5-13(6-8-14)23(27)29-15-9-10-16-20(11-15)30-21(22(16)26)12-17-18(24)3-2-4-19(17)25/h2-12H,1H3/b21-12-. The zero-order chi connectivity index (χ0) is 21.3. The maximum Gasteiger partial charge on any atom is 0.343 e. The quantitative estimate of drug-likeness (QED) is 0.289. The van der Waals surface area contributed by atoms with Crippen molar-refractivity contribution < 1.29 is 23.8 Å². The Hall–Kier alpha value is -3.28. The molecule has 0 amide bonds. The molecule has 0 unspecified atom stereocenters. The topological polar surface area (TPSA) is 61.8 Å². The monoisotopic (exact) mass is 440 g/mol. The first-order valence-electron chi connectivity index (χ1n) is 8.85. The van der Waals surface area contributed by atoms with Crippen LogP contribution >= 0.6 is 23.2 Å². The zero-order valence-corrected chi connectivity index (χ0v) is 17.2. The van der Waals surface area contributed by atoms with Crippen LogP contribution in [0, 0.1) is 0 Å². The van der Waals surface area contributed by atoms with Crippen LogP contribution in [0.3, 0.4) is 0 Å². The van der Waals surface area contributed by atoms with Gasteiger partial charge in [-0.25, -0.2) is 4.79 Å². The SMILES string of the molecule is COc1ccc(C(=O)Oc2ccc3c(c2)O/C(=C\c2c(Cl)cccc2Cl)C3=O)cc1. The van der Waals surface area contributed by atoms with Gasteiger partial charge in [0.15, 0.2) is 5.76 Å². The first kappa shape index (κ1) is 20.0. The fourth-order valence-electron chi connectivity index (χ4n) is 2.90. The predicted octanol–water partition coefficient (Wildman–Crippen LogP) is 5.84. The first-order chi connectivity index (χ1) is 14.5. The van der Waals surface area contributed by atoms with Gasteiger partial charge in [-0.3, -0.25) is 4.79 Å². The van der Waals surface area contributed by atoms with Gasteiger partial charge in [-0.1, -0.05) is 29.3 Å². The van der Waals surface area contributed by atoms with Gasteiger partial charge in [-0.2, -0.15) is 0 Å². The molecule has 3 aromatic rings. The Kier molecular flexibility index (Phi) is 5.48. The molecule has 0 N–H and O–H groups in total. The van der Waals surface area contributed by atoms with Crippen molar-refractivity contribution in [2.75, 3.05) is 7.11 Å². The summed E-state index contributed by atoms with van der Waals surface area (Å²) in [4.78, 5) is 25.0. The number of halogens is 2. The molecule has 4 rings (SSSR count). The molecule has 0 radical (unpaired) electrons. The normalized spacial score (nSPS) is 13.7. The second kappa shape index (κ2) is 8.22. The summed E-state index contributed by atoms with van der Waals surface area (Å²) in [6.07, 6.45) is 1.50. The van der Waals surface area contributed by atoms with E-state index in [-0.39, 0.29) is 23.0 Å². The van der Waals surface area contributed by atoms with Crippen LogP contribution in [0.4, 0.5) is 0 Å². The van der Waals surface area contributed by atoms with E-state index in [2.05, 4.69) is 0 Å². The molecular weight excluding hydrogens is 427 g/mol. The summed E-state index contributed by atoms with van der Waals surface area (Å²) in [5.41, 5.74) is 1.21. The lowest BCUT2D eigenvalue weighted by molar-refractivity contribution is 0.0734. The van der Waals surface area contributed by atoms with E-state index in [0.717, 1.165) is 0 Å². The van der Waals surface area contributed by atoms with E-state index < -0.39 is 5.97 Å². The number of methoxy groups -OCH3 is 1. The fraction of sp³-hybridized carbons (Fsp3) is 0.0435. The van der Waals surface area contributed by atoms with Crippen LogP contribution in [0.1, 0.15) is 26.3 Å². The van der Waals surface area contributed by atoms with Crippen molar-refractivity contribution >= 4 is 41.0 Å². The largest absolute Gasteiger partial charge is 0.497 e. The van der Waals surface area contributed by atoms with Crippen LogP contribution in [-0.4, -0.2) is 18.9 Å². The van der Waals surface area contributed by atoms with Gasteiger partial charge in [0.05, 0.1) is 18.2 Å². The van der Waals surface area contributed by atoms with Crippen molar-refractivity contribution in [2.24, 2.45) is 0 Å². The van der Waals surface area contributed by atoms with Gasteiger partial charge < -0.3 is 14.2 Å². The molecule has 1 heterocycles. The molecule has 0 saturated carbocycles. The number of ether oxygens (including phenoxy) is 3. The maximum absolute atomic E-state index is 12.6. The second-order valence-corrected chi connectivity index (χ2v) is 7.17. The summed E-state index contributed by atoms with van der Waals surface area (Å²) >= 11 is 12.3. The molecule has 0 bridgehead atoms. The third kappa shape index (κ3) is 3.90. The number of esters is 1. The number of Topliss-reactive ketones (excluding diaryl/α,β-unsaturated/α-hetero) is 1. The van der Waals surface area contributed by atoms with Crippen LogP contribution in [0.15, 0.2) is 66.4 Å². The molecule has 150 valence electrons. The van der Waals surface area contributed by atoms with Crippen molar-refractivity contribution in [2.45, 2.75) is 0 Å². The number of benzene rings is 3. The van der Waals surface area contributed by atoms with Gasteiger partial charge in [-0.05, 0) is 54.6 Å². The lowest BCUT2D eigenvalue weighted by atomic mass is 10.1. The molecule has 0 spiro atoms. The molecule has 5 nitrogen and oxygen atoms in total. The second-order valence-electron chi connectivity index (χ2n) is 6.35. The minimum Gasteiger partial charge on any atom is -0.497 e. The molecule has 0 atom stereocenters. The molecule has 3 aromatic carbocycles. The molecule has 0 aromatic heterocycles. The Balaban J connectivity index is 1.56. The Morgan fingerprint density at radius 3 is 2.30 bits per heavy atom. The maximum atomic E-state index is 12.6. The van der Waals surface area contributed by atoms with Gasteiger partial charge in [-0.15, -0.1) is 0 Å². The molecule has 7 heteroatoms. The summed E-state index contributed by atoms with van der Waals surface area (Å²) in [6, 6.07) is 16.1. The van der Waals surface area contributed by atoms with Gasteiger partial charge in [0, 0.05) is 21.7 Å². The summed E-state index contributed by atoms with van der Waals surface area (Å²) < 4.78 is 16.1. The fourth-order valence-corrected chi connectivity index (χ4v) is 3.41. The number of carbonyl (C=O) groups is 2. The first-order valence-corrected chi connectivity index (χ1v) is 9.60. The highest BCUT2D eigenvalue weighted by Gasteiger charge is 2.28. The Labute approximate surface area is 182 Å². The smallest absolute Gasteiger partial charge is 0.343 e. The van der Waals surface area contributed by atoms with E-state index >= 15 is 0 Å². The van der Waals surface area contributed by atoms with Crippen molar-refractivity contribution in [1.29, 1.82) is 0 Å². The molecule has 0 fully saturated rings. The van der Waals surface area contributed by atoms with Crippen molar-refractivity contribution in [3.8, 4) is 17.2 Å². The van der Waals surface area contributed by atoms with Crippen LogP contribution in [-0.2, 0) is 0 Å². The Morgan fingerprint density at radius 2 is 1.63 bits per heavy atom. The predicted molar refractivity (Wildman–Crippen MR) is 114 cm³/mol. The van der Waals surface area contributed by atoms with Gasteiger partial charge in [0.25, 0.3) is 0 Å². The van der Waals surface area contributed by atoms with E-state index in [0.29, 0.717) is 32.5 Å².